The summed E-state index contributed by atoms with van der Waals surface area (Å²) in [6.07, 6.45) is 49.9. The smallest absolute Gasteiger partial charge is 0.220 e. The van der Waals surface area contributed by atoms with Crippen molar-refractivity contribution >= 4 is 5.91 Å². The lowest BCUT2D eigenvalue weighted by Gasteiger charge is -2.26. The molecule has 0 heterocycles. The van der Waals surface area contributed by atoms with Gasteiger partial charge in [-0.2, -0.15) is 0 Å². The fourth-order valence-electron chi connectivity index (χ4n) is 6.56. The number of allylic oxidation sites excluding steroid dienone is 6. The van der Waals surface area contributed by atoms with Gasteiger partial charge in [-0.15, -0.1) is 0 Å². The van der Waals surface area contributed by atoms with Crippen LogP contribution in [-0.2, 0) is 4.79 Å². The summed E-state index contributed by atoms with van der Waals surface area (Å²) in [7, 11) is 0. The Morgan fingerprint density at radius 3 is 1.28 bits per heavy atom. The summed E-state index contributed by atoms with van der Waals surface area (Å²) >= 11 is 0. The van der Waals surface area contributed by atoms with E-state index in [4.69, 9.17) is 0 Å². The predicted molar refractivity (Wildman–Crippen MR) is 218 cm³/mol. The standard InChI is InChI=1S/C45H85NO4/c1-3-5-7-9-11-13-15-17-18-19-20-21-22-23-24-25-26-28-29-31-33-35-37-39-43(48)45(50)42(41-47)46-44(49)40-38-36-34-32-30-27-16-14-12-10-8-6-4-2/h27,30-31,33-34,36,42-43,45,47-48,50H,3-26,28-29,32,35,37-41H2,1-2H3,(H,46,49)/b30-27-,33-31+,36-34-. The van der Waals surface area contributed by atoms with Crippen LogP contribution in [0.15, 0.2) is 36.5 Å². The van der Waals surface area contributed by atoms with E-state index < -0.39 is 24.9 Å². The third-order valence-corrected chi connectivity index (χ3v) is 9.98. The van der Waals surface area contributed by atoms with E-state index in [0.717, 1.165) is 32.1 Å². The summed E-state index contributed by atoms with van der Waals surface area (Å²) in [5.41, 5.74) is 0. The van der Waals surface area contributed by atoms with E-state index >= 15 is 0 Å². The molecule has 0 aromatic carbocycles. The van der Waals surface area contributed by atoms with Crippen LogP contribution in [0.4, 0.5) is 0 Å². The zero-order chi connectivity index (χ0) is 36.6. The molecule has 0 spiro atoms. The van der Waals surface area contributed by atoms with Crippen LogP contribution in [0.2, 0.25) is 0 Å². The largest absolute Gasteiger partial charge is 0.394 e. The lowest BCUT2D eigenvalue weighted by Crippen LogP contribution is -2.50. The second-order valence-corrected chi connectivity index (χ2v) is 14.9. The number of amides is 1. The van der Waals surface area contributed by atoms with Gasteiger partial charge in [-0.05, 0) is 57.8 Å². The topological polar surface area (TPSA) is 89.8 Å². The van der Waals surface area contributed by atoms with Gasteiger partial charge >= 0.3 is 0 Å². The summed E-state index contributed by atoms with van der Waals surface area (Å²) in [4.78, 5) is 12.3. The highest BCUT2D eigenvalue weighted by atomic mass is 16.3. The van der Waals surface area contributed by atoms with Crippen molar-refractivity contribution in [2.75, 3.05) is 6.61 Å². The van der Waals surface area contributed by atoms with Gasteiger partial charge in [-0.25, -0.2) is 0 Å². The molecule has 5 heteroatoms. The first-order valence-electron chi connectivity index (χ1n) is 21.8. The summed E-state index contributed by atoms with van der Waals surface area (Å²) in [5, 5.41) is 33.4. The van der Waals surface area contributed by atoms with Crippen LogP contribution in [-0.4, -0.2) is 46.1 Å². The maximum atomic E-state index is 12.3. The van der Waals surface area contributed by atoms with Crippen molar-refractivity contribution in [3.05, 3.63) is 36.5 Å². The second kappa shape index (κ2) is 40.3. The van der Waals surface area contributed by atoms with Gasteiger partial charge in [-0.1, -0.05) is 192 Å². The fraction of sp³-hybridized carbons (Fsp3) is 0.844. The van der Waals surface area contributed by atoms with E-state index in [2.05, 4.69) is 49.5 Å². The highest BCUT2D eigenvalue weighted by Gasteiger charge is 2.26. The highest BCUT2D eigenvalue weighted by Crippen LogP contribution is 2.15. The summed E-state index contributed by atoms with van der Waals surface area (Å²) < 4.78 is 0. The van der Waals surface area contributed by atoms with Crippen LogP contribution in [0.3, 0.4) is 0 Å². The van der Waals surface area contributed by atoms with Crippen molar-refractivity contribution in [1.29, 1.82) is 0 Å². The molecule has 0 fully saturated rings. The normalized spacial score (nSPS) is 13.9. The van der Waals surface area contributed by atoms with Crippen LogP contribution in [0.1, 0.15) is 219 Å². The number of nitrogens with one attached hydrogen (secondary N) is 1. The molecule has 4 N–H and O–H groups in total. The number of carbonyl (C=O) groups excluding carboxylic acids is 1. The number of hydrogen-bond donors (Lipinski definition) is 4. The van der Waals surface area contributed by atoms with Crippen LogP contribution in [0.25, 0.3) is 0 Å². The fourth-order valence-corrected chi connectivity index (χ4v) is 6.56. The Morgan fingerprint density at radius 2 is 0.860 bits per heavy atom. The zero-order valence-corrected chi connectivity index (χ0v) is 33.3. The summed E-state index contributed by atoms with van der Waals surface area (Å²) in [6, 6.07) is -0.855. The van der Waals surface area contributed by atoms with Crippen molar-refractivity contribution in [2.24, 2.45) is 0 Å². The molecule has 0 aliphatic rings. The van der Waals surface area contributed by atoms with Gasteiger partial charge in [0, 0.05) is 6.42 Å². The molecule has 0 aliphatic carbocycles. The SMILES string of the molecule is CCCCCCCC/C=C\C/C=C\CCC(=O)NC(CO)C(O)C(O)CCC/C=C/CCCCCCCCCCCCCCCCCCCC. The van der Waals surface area contributed by atoms with Gasteiger partial charge in [0.2, 0.25) is 5.91 Å². The Balaban J connectivity index is 3.69. The molecular formula is C45H85NO4. The molecule has 0 saturated carbocycles. The molecule has 0 saturated heterocycles. The average molecular weight is 704 g/mol. The monoisotopic (exact) mass is 704 g/mol. The molecule has 0 aromatic heterocycles. The Labute approximate surface area is 311 Å². The van der Waals surface area contributed by atoms with E-state index in [0.29, 0.717) is 19.3 Å². The van der Waals surface area contributed by atoms with Gasteiger partial charge in [0.15, 0.2) is 0 Å². The molecule has 3 atom stereocenters. The molecule has 294 valence electrons. The first-order valence-corrected chi connectivity index (χ1v) is 21.8. The molecule has 5 nitrogen and oxygen atoms in total. The number of hydrogen-bond acceptors (Lipinski definition) is 4. The molecule has 0 bridgehead atoms. The molecule has 0 rings (SSSR count). The zero-order valence-electron chi connectivity index (χ0n) is 33.3. The third kappa shape index (κ3) is 35.0. The predicted octanol–water partition coefficient (Wildman–Crippen LogP) is 12.4. The number of aliphatic hydroxyl groups excluding tert-OH is 3. The molecule has 0 aromatic rings. The van der Waals surface area contributed by atoms with Gasteiger partial charge in [0.05, 0.1) is 18.8 Å². The lowest BCUT2D eigenvalue weighted by molar-refractivity contribution is -0.124. The van der Waals surface area contributed by atoms with Crippen molar-refractivity contribution in [1.82, 2.24) is 5.32 Å². The number of unbranched alkanes of at least 4 members (excludes halogenated alkanes) is 25. The first kappa shape index (κ1) is 48.6. The van der Waals surface area contributed by atoms with Crippen molar-refractivity contribution in [3.8, 4) is 0 Å². The maximum Gasteiger partial charge on any atom is 0.220 e. The van der Waals surface area contributed by atoms with Crippen molar-refractivity contribution in [3.63, 3.8) is 0 Å². The second-order valence-electron chi connectivity index (χ2n) is 14.9. The van der Waals surface area contributed by atoms with Crippen LogP contribution < -0.4 is 5.32 Å². The summed E-state index contributed by atoms with van der Waals surface area (Å²) in [5.74, 6) is -0.221. The van der Waals surface area contributed by atoms with E-state index in [1.54, 1.807) is 0 Å². The minimum absolute atomic E-state index is 0.221. The summed E-state index contributed by atoms with van der Waals surface area (Å²) in [6.45, 7) is 4.13. The minimum Gasteiger partial charge on any atom is -0.394 e. The number of rotatable bonds is 39. The van der Waals surface area contributed by atoms with E-state index in [9.17, 15) is 20.1 Å². The maximum absolute atomic E-state index is 12.3. The van der Waals surface area contributed by atoms with E-state index in [1.165, 1.54) is 154 Å². The van der Waals surface area contributed by atoms with Gasteiger partial charge in [-0.3, -0.25) is 4.79 Å². The van der Waals surface area contributed by atoms with Gasteiger partial charge in [0.1, 0.15) is 6.10 Å². The van der Waals surface area contributed by atoms with Crippen LogP contribution in [0.5, 0.6) is 0 Å². The minimum atomic E-state index is -1.18. The molecular weight excluding hydrogens is 618 g/mol. The Morgan fingerprint density at radius 1 is 0.500 bits per heavy atom. The third-order valence-electron chi connectivity index (χ3n) is 9.98. The van der Waals surface area contributed by atoms with Crippen molar-refractivity contribution < 1.29 is 20.1 Å². The molecule has 0 aliphatic heterocycles. The Hall–Kier alpha value is -1.43. The van der Waals surface area contributed by atoms with Crippen molar-refractivity contribution in [2.45, 2.75) is 238 Å². The number of aliphatic hydroxyl groups is 3. The molecule has 1 amide bonds. The van der Waals surface area contributed by atoms with Gasteiger partial charge in [0.25, 0.3) is 0 Å². The van der Waals surface area contributed by atoms with Crippen LogP contribution in [0, 0.1) is 0 Å². The quantitative estimate of drug-likeness (QED) is 0.0379. The Kier molecular flexibility index (Phi) is 39.2. The van der Waals surface area contributed by atoms with E-state index in [1.807, 2.05) is 6.08 Å². The highest BCUT2D eigenvalue weighted by molar-refractivity contribution is 5.76. The van der Waals surface area contributed by atoms with E-state index in [-0.39, 0.29) is 5.91 Å². The molecule has 3 unspecified atom stereocenters. The first-order chi connectivity index (χ1) is 24.6. The number of carbonyl (C=O) groups is 1. The lowest BCUT2D eigenvalue weighted by atomic mass is 10.0. The Bertz CT molecular complexity index is 779. The average Bonchev–Trinajstić information content (AvgIpc) is 3.12. The molecule has 0 radical (unpaired) electrons. The van der Waals surface area contributed by atoms with Crippen LogP contribution >= 0.6 is 0 Å². The van der Waals surface area contributed by atoms with Gasteiger partial charge < -0.3 is 20.6 Å². The molecule has 50 heavy (non-hydrogen) atoms.